The van der Waals surface area contributed by atoms with Crippen molar-refractivity contribution < 1.29 is 4.79 Å². The molecule has 2 aromatic heterocycles. The van der Waals surface area contributed by atoms with Crippen LogP contribution in [-0.4, -0.2) is 53.0 Å². The topological polar surface area (TPSA) is 65.2 Å². The molecule has 28 heavy (non-hydrogen) atoms. The van der Waals surface area contributed by atoms with Crippen LogP contribution in [0.25, 0.3) is 10.9 Å². The number of hydrogen-bond acceptors (Lipinski definition) is 5. The second-order valence-corrected chi connectivity index (χ2v) is 7.04. The lowest BCUT2D eigenvalue weighted by molar-refractivity contribution is 0.0927. The molecule has 0 atom stereocenters. The summed E-state index contributed by atoms with van der Waals surface area (Å²) in [6.07, 6.45) is 4.16. The van der Waals surface area contributed by atoms with Gasteiger partial charge in [-0.05, 0) is 18.2 Å². The fourth-order valence-electron chi connectivity index (χ4n) is 3.79. The van der Waals surface area contributed by atoms with Crippen LogP contribution in [0, 0.1) is 11.3 Å². The van der Waals surface area contributed by atoms with Crippen molar-refractivity contribution in [2.24, 2.45) is 0 Å². The first-order valence-electron chi connectivity index (χ1n) is 9.62. The molecule has 3 heterocycles. The van der Waals surface area contributed by atoms with Gasteiger partial charge in [-0.1, -0.05) is 24.3 Å². The first-order valence-corrected chi connectivity index (χ1v) is 9.62. The minimum atomic E-state index is 0.137. The van der Waals surface area contributed by atoms with Gasteiger partial charge in [0.25, 0.3) is 0 Å². The van der Waals surface area contributed by atoms with Crippen molar-refractivity contribution in [3.8, 4) is 6.07 Å². The van der Waals surface area contributed by atoms with Crippen molar-refractivity contribution in [1.29, 1.82) is 5.26 Å². The molecule has 6 nitrogen and oxygen atoms in total. The van der Waals surface area contributed by atoms with Gasteiger partial charge in [-0.15, -0.1) is 0 Å². The summed E-state index contributed by atoms with van der Waals surface area (Å²) in [5.74, 6) is 1.13. The molecule has 0 unspecified atom stereocenters. The fourth-order valence-corrected chi connectivity index (χ4v) is 3.79. The van der Waals surface area contributed by atoms with Crippen LogP contribution in [0.5, 0.6) is 0 Å². The monoisotopic (exact) mass is 373 g/mol. The highest BCUT2D eigenvalue weighted by atomic mass is 16.1. The van der Waals surface area contributed by atoms with E-state index in [0.29, 0.717) is 19.5 Å². The summed E-state index contributed by atoms with van der Waals surface area (Å²) >= 11 is 0. The summed E-state index contributed by atoms with van der Waals surface area (Å²) < 4.78 is 2.02. The van der Waals surface area contributed by atoms with Crippen molar-refractivity contribution in [2.75, 3.05) is 37.6 Å². The second-order valence-electron chi connectivity index (χ2n) is 7.04. The van der Waals surface area contributed by atoms with Crippen molar-refractivity contribution in [3.05, 3.63) is 60.4 Å². The fraction of sp³-hybridized carbons (Fsp3) is 0.318. The zero-order valence-electron chi connectivity index (χ0n) is 15.8. The number of piperazine rings is 1. The third-order valence-electron chi connectivity index (χ3n) is 5.27. The number of nitrogens with zero attached hydrogens (tertiary/aromatic N) is 5. The van der Waals surface area contributed by atoms with E-state index in [2.05, 4.69) is 20.9 Å². The number of anilines is 1. The number of Topliss-reactive ketones (excluding diaryl/α,β-unsaturated/α-hetero) is 1. The highest BCUT2D eigenvalue weighted by molar-refractivity contribution is 6.09. The molecule has 1 saturated heterocycles. The van der Waals surface area contributed by atoms with E-state index in [1.165, 1.54) is 0 Å². The lowest BCUT2D eigenvalue weighted by Gasteiger charge is -2.34. The van der Waals surface area contributed by atoms with Crippen molar-refractivity contribution in [2.45, 2.75) is 13.0 Å². The Morgan fingerprint density at radius 1 is 1.07 bits per heavy atom. The molecule has 0 N–H and O–H groups in total. The molecule has 4 rings (SSSR count). The molecular weight excluding hydrogens is 350 g/mol. The summed E-state index contributed by atoms with van der Waals surface area (Å²) in [7, 11) is 0. The second kappa shape index (κ2) is 8.24. The summed E-state index contributed by atoms with van der Waals surface area (Å²) in [5.41, 5.74) is 1.77. The van der Waals surface area contributed by atoms with Crippen molar-refractivity contribution >= 4 is 22.5 Å². The molecule has 6 heteroatoms. The lowest BCUT2D eigenvalue weighted by atomic mass is 10.1. The first-order chi connectivity index (χ1) is 13.8. The third kappa shape index (κ3) is 3.75. The quantitative estimate of drug-likeness (QED) is 0.622. The Kier molecular flexibility index (Phi) is 5.36. The van der Waals surface area contributed by atoms with E-state index in [4.69, 9.17) is 5.26 Å². The van der Waals surface area contributed by atoms with E-state index in [0.717, 1.165) is 48.5 Å². The van der Waals surface area contributed by atoms with E-state index in [9.17, 15) is 4.79 Å². The Morgan fingerprint density at radius 2 is 1.86 bits per heavy atom. The summed E-state index contributed by atoms with van der Waals surface area (Å²) in [4.78, 5) is 21.9. The van der Waals surface area contributed by atoms with Crippen LogP contribution in [0.2, 0.25) is 0 Å². The van der Waals surface area contributed by atoms with Crippen molar-refractivity contribution in [3.63, 3.8) is 0 Å². The van der Waals surface area contributed by atoms with Crippen LogP contribution in [0.3, 0.4) is 0 Å². The zero-order valence-corrected chi connectivity index (χ0v) is 15.8. The number of ketones is 1. The maximum Gasteiger partial charge on any atom is 0.178 e. The van der Waals surface area contributed by atoms with Gasteiger partial charge >= 0.3 is 0 Å². The van der Waals surface area contributed by atoms with E-state index < -0.39 is 0 Å². The number of fused-ring (bicyclic) bond motifs is 1. The number of hydrogen-bond donors (Lipinski definition) is 0. The number of carbonyl (C=O) groups excluding carboxylic acids is 1. The Balaban J connectivity index is 1.44. The number of rotatable bonds is 6. The number of benzene rings is 1. The highest BCUT2D eigenvalue weighted by Crippen LogP contribution is 2.23. The molecule has 0 bridgehead atoms. The van der Waals surface area contributed by atoms with Crippen LogP contribution < -0.4 is 4.90 Å². The van der Waals surface area contributed by atoms with Crippen LogP contribution in [0.1, 0.15) is 16.8 Å². The number of aromatic nitrogens is 2. The number of nitriles is 1. The Morgan fingerprint density at radius 3 is 2.61 bits per heavy atom. The Hall–Kier alpha value is -3.17. The van der Waals surface area contributed by atoms with Gasteiger partial charge in [0.2, 0.25) is 0 Å². The van der Waals surface area contributed by atoms with Gasteiger partial charge in [0, 0.05) is 61.6 Å². The SMILES string of the molecule is N#CCCn1cc(C(=O)CN2CCN(c3ccccn3)CC2)c2ccccc21. The van der Waals surface area contributed by atoms with Crippen LogP contribution >= 0.6 is 0 Å². The van der Waals surface area contributed by atoms with Crippen LogP contribution in [0.15, 0.2) is 54.9 Å². The van der Waals surface area contributed by atoms with Gasteiger partial charge in [0.15, 0.2) is 5.78 Å². The molecule has 3 aromatic rings. The largest absolute Gasteiger partial charge is 0.354 e. The van der Waals surface area contributed by atoms with Crippen LogP contribution in [-0.2, 0) is 6.54 Å². The predicted octanol–water partition coefficient (Wildman–Crippen LogP) is 2.95. The summed E-state index contributed by atoms with van der Waals surface area (Å²) in [6.45, 7) is 4.45. The molecule has 0 aliphatic carbocycles. The third-order valence-corrected chi connectivity index (χ3v) is 5.27. The van der Waals surface area contributed by atoms with Gasteiger partial charge < -0.3 is 9.47 Å². The number of pyridine rings is 1. The van der Waals surface area contributed by atoms with Gasteiger partial charge in [-0.2, -0.15) is 5.26 Å². The minimum Gasteiger partial charge on any atom is -0.354 e. The smallest absolute Gasteiger partial charge is 0.178 e. The summed E-state index contributed by atoms with van der Waals surface area (Å²) in [5, 5.41) is 9.86. The minimum absolute atomic E-state index is 0.137. The normalized spacial score (nSPS) is 14.9. The highest BCUT2D eigenvalue weighted by Gasteiger charge is 2.22. The van der Waals surface area contributed by atoms with Gasteiger partial charge in [0.05, 0.1) is 19.0 Å². The van der Waals surface area contributed by atoms with Crippen molar-refractivity contribution in [1.82, 2.24) is 14.5 Å². The maximum atomic E-state index is 13.0. The first kappa shape index (κ1) is 18.2. The zero-order chi connectivity index (χ0) is 19.3. The molecule has 1 fully saturated rings. The molecule has 0 saturated carbocycles. The lowest BCUT2D eigenvalue weighted by Crippen LogP contribution is -2.48. The molecule has 0 radical (unpaired) electrons. The Labute approximate surface area is 164 Å². The Bertz CT molecular complexity index is 997. The van der Waals surface area contributed by atoms with E-state index in [1.807, 2.05) is 59.4 Å². The standard InChI is InChI=1S/C22H23N5O/c23-9-5-11-27-16-19(18-6-1-2-7-20(18)27)21(28)17-25-12-14-26(15-13-25)22-8-3-4-10-24-22/h1-4,6-8,10,16H,5,11-15,17H2. The maximum absolute atomic E-state index is 13.0. The average molecular weight is 373 g/mol. The van der Waals surface area contributed by atoms with Crippen LogP contribution in [0.4, 0.5) is 5.82 Å². The van der Waals surface area contributed by atoms with Gasteiger partial charge in [0.1, 0.15) is 5.82 Å². The number of aryl methyl sites for hydroxylation is 1. The number of para-hydroxylation sites is 1. The van der Waals surface area contributed by atoms with E-state index >= 15 is 0 Å². The summed E-state index contributed by atoms with van der Waals surface area (Å²) in [6, 6.07) is 16.1. The van der Waals surface area contributed by atoms with E-state index in [1.54, 1.807) is 0 Å². The molecule has 1 aliphatic heterocycles. The van der Waals surface area contributed by atoms with E-state index in [-0.39, 0.29) is 5.78 Å². The average Bonchev–Trinajstić information content (AvgIpc) is 3.12. The number of carbonyl (C=O) groups is 1. The molecule has 1 aliphatic rings. The molecular formula is C22H23N5O. The van der Waals surface area contributed by atoms with Gasteiger partial charge in [-0.3, -0.25) is 9.69 Å². The molecule has 0 spiro atoms. The predicted molar refractivity (Wildman–Crippen MR) is 109 cm³/mol. The molecule has 0 amide bonds. The van der Waals surface area contributed by atoms with Gasteiger partial charge in [-0.25, -0.2) is 4.98 Å². The molecule has 142 valence electrons. The molecule has 1 aromatic carbocycles.